The molecular weight excluding hydrogens is 564 g/mol. The molecule has 9 heteroatoms. The number of aryl methyl sites for hydroxylation is 2. The topological polar surface area (TPSA) is 98.7 Å². The zero-order chi connectivity index (χ0) is 31.1. The average molecular weight is 595 g/mol. The van der Waals surface area contributed by atoms with Crippen molar-refractivity contribution < 1.29 is 14.4 Å². The Labute approximate surface area is 260 Å². The fourth-order valence-corrected chi connectivity index (χ4v) is 6.04. The highest BCUT2D eigenvalue weighted by Crippen LogP contribution is 2.38. The molecule has 4 aromatic carbocycles. The number of rotatable bonds is 7. The highest BCUT2D eigenvalue weighted by molar-refractivity contribution is 6.21. The van der Waals surface area contributed by atoms with Gasteiger partial charge in [0, 0.05) is 24.0 Å². The quantitative estimate of drug-likeness (QED) is 0.205. The maximum Gasteiger partial charge on any atom is 0.335 e. The molecule has 45 heavy (non-hydrogen) atoms. The lowest BCUT2D eigenvalue weighted by Crippen LogP contribution is -2.46. The van der Waals surface area contributed by atoms with Gasteiger partial charge in [0.05, 0.1) is 29.0 Å². The summed E-state index contributed by atoms with van der Waals surface area (Å²) in [6.07, 6.45) is 2.19. The number of urea groups is 1. The molecule has 0 saturated heterocycles. The fraction of sp³-hybridized carbons (Fsp3) is 0.139. The summed E-state index contributed by atoms with van der Waals surface area (Å²) >= 11 is 0. The summed E-state index contributed by atoms with van der Waals surface area (Å²) < 4.78 is 0. The van der Waals surface area contributed by atoms with Gasteiger partial charge in [0.15, 0.2) is 5.82 Å². The molecule has 4 amide bonds. The van der Waals surface area contributed by atoms with Crippen LogP contribution >= 0.6 is 0 Å². The molecule has 3 heterocycles. The second-order valence-corrected chi connectivity index (χ2v) is 11.2. The van der Waals surface area contributed by atoms with Gasteiger partial charge in [-0.25, -0.2) is 14.7 Å². The molecule has 0 fully saturated rings. The third kappa shape index (κ3) is 5.08. The van der Waals surface area contributed by atoms with Crippen LogP contribution in [0.4, 0.5) is 33.6 Å². The Morgan fingerprint density at radius 1 is 0.778 bits per heavy atom. The van der Waals surface area contributed by atoms with Crippen molar-refractivity contribution in [2.75, 3.05) is 21.7 Å². The first-order valence-electron chi connectivity index (χ1n) is 14.8. The molecular formula is C36H30N6O3. The zero-order valence-electron chi connectivity index (χ0n) is 24.9. The van der Waals surface area contributed by atoms with Crippen LogP contribution in [0.25, 0.3) is 0 Å². The molecule has 0 atom stereocenters. The van der Waals surface area contributed by atoms with Crippen molar-refractivity contribution in [1.29, 1.82) is 0 Å². The van der Waals surface area contributed by atoms with E-state index < -0.39 is 0 Å². The summed E-state index contributed by atoms with van der Waals surface area (Å²) in [5, 5.41) is 3.24. The van der Waals surface area contributed by atoms with Crippen LogP contribution in [-0.2, 0) is 13.0 Å². The number of nitrogens with one attached hydrogen (secondary N) is 1. The van der Waals surface area contributed by atoms with Crippen molar-refractivity contribution >= 4 is 46.7 Å². The monoisotopic (exact) mass is 594 g/mol. The number of imide groups is 1. The molecule has 7 rings (SSSR count). The molecule has 2 aliphatic rings. The van der Waals surface area contributed by atoms with E-state index in [-0.39, 0.29) is 24.4 Å². The van der Waals surface area contributed by atoms with E-state index in [0.29, 0.717) is 41.5 Å². The van der Waals surface area contributed by atoms with Gasteiger partial charge in [0.1, 0.15) is 0 Å². The van der Waals surface area contributed by atoms with E-state index in [4.69, 9.17) is 4.98 Å². The molecule has 0 aliphatic carbocycles. The number of carbonyl (C=O) groups is 3. The number of para-hydroxylation sites is 2. The lowest BCUT2D eigenvalue weighted by Gasteiger charge is -2.37. The molecule has 0 spiro atoms. The number of amides is 4. The highest BCUT2D eigenvalue weighted by Gasteiger charge is 2.37. The van der Waals surface area contributed by atoms with Crippen LogP contribution in [0.1, 0.15) is 43.0 Å². The average Bonchev–Trinajstić information content (AvgIpc) is 3.29. The fourth-order valence-electron chi connectivity index (χ4n) is 6.04. The molecule has 2 aliphatic heterocycles. The lowest BCUT2D eigenvalue weighted by molar-refractivity contribution is 0.0656. The smallest absolute Gasteiger partial charge is 0.324 e. The van der Waals surface area contributed by atoms with E-state index >= 15 is 0 Å². The van der Waals surface area contributed by atoms with Crippen molar-refractivity contribution in [2.24, 2.45) is 0 Å². The van der Waals surface area contributed by atoms with Crippen LogP contribution in [0.2, 0.25) is 0 Å². The number of hydrogen-bond acceptors (Lipinski definition) is 6. The molecule has 0 saturated carbocycles. The molecule has 1 aromatic heterocycles. The highest BCUT2D eigenvalue weighted by atomic mass is 16.2. The number of hydrogen-bond donors (Lipinski definition) is 1. The van der Waals surface area contributed by atoms with Gasteiger partial charge in [-0.1, -0.05) is 60.7 Å². The largest absolute Gasteiger partial charge is 0.335 e. The predicted octanol–water partition coefficient (Wildman–Crippen LogP) is 6.95. The number of nitrogens with zero attached hydrogens (tertiary/aromatic N) is 5. The normalized spacial score (nSPS) is 14.1. The Kier molecular flexibility index (Phi) is 7.05. The molecule has 9 nitrogen and oxygen atoms in total. The van der Waals surface area contributed by atoms with Crippen molar-refractivity contribution in [1.82, 2.24) is 14.9 Å². The second kappa shape index (κ2) is 11.3. The standard InChI is InChI=1S/C36H30N6O3/c1-23-10-8-11-24(2)31(23)41-22-26-21-37-35(38-27-13-4-3-5-14-27)39-32(26)42(36(41)45)28-15-9-12-25(20-28)18-19-40-33(43)29-16-6-7-17-30(29)34(40)44/h3-17,20-21H,18-19,22H2,1-2H3,(H,37,38,39). The van der Waals surface area contributed by atoms with Crippen LogP contribution < -0.4 is 15.1 Å². The Balaban J connectivity index is 1.24. The van der Waals surface area contributed by atoms with Crippen LogP contribution in [0.3, 0.4) is 0 Å². The zero-order valence-corrected chi connectivity index (χ0v) is 24.9. The summed E-state index contributed by atoms with van der Waals surface area (Å²) in [5.74, 6) is 0.297. The van der Waals surface area contributed by atoms with E-state index in [1.165, 1.54) is 4.90 Å². The maximum absolute atomic E-state index is 14.4. The van der Waals surface area contributed by atoms with Crippen LogP contribution in [-0.4, -0.2) is 39.3 Å². The van der Waals surface area contributed by atoms with E-state index in [1.54, 1.807) is 40.3 Å². The van der Waals surface area contributed by atoms with Crippen molar-refractivity contribution in [3.8, 4) is 0 Å². The summed E-state index contributed by atoms with van der Waals surface area (Å²) in [7, 11) is 0. The number of carbonyl (C=O) groups excluding carboxylic acids is 3. The summed E-state index contributed by atoms with van der Waals surface area (Å²) in [6.45, 7) is 4.54. The van der Waals surface area contributed by atoms with Gasteiger partial charge in [-0.15, -0.1) is 0 Å². The van der Waals surface area contributed by atoms with E-state index in [0.717, 1.165) is 33.6 Å². The Hall–Kier alpha value is -5.83. The molecule has 1 N–H and O–H groups in total. The third-order valence-corrected chi connectivity index (χ3v) is 8.21. The summed E-state index contributed by atoms with van der Waals surface area (Å²) in [6, 6.07) is 29.8. The van der Waals surface area contributed by atoms with Gasteiger partial charge in [-0.05, 0) is 73.4 Å². The molecule has 222 valence electrons. The third-order valence-electron chi connectivity index (χ3n) is 8.21. The van der Waals surface area contributed by atoms with Crippen LogP contribution in [0.5, 0.6) is 0 Å². The van der Waals surface area contributed by atoms with Gasteiger partial charge in [0.2, 0.25) is 5.95 Å². The molecule has 5 aromatic rings. The van der Waals surface area contributed by atoms with E-state index in [9.17, 15) is 14.4 Å². The number of anilines is 5. The van der Waals surface area contributed by atoms with E-state index in [1.807, 2.05) is 86.6 Å². The van der Waals surface area contributed by atoms with E-state index in [2.05, 4.69) is 10.3 Å². The second-order valence-electron chi connectivity index (χ2n) is 11.2. The first-order chi connectivity index (χ1) is 21.9. The molecule has 0 unspecified atom stereocenters. The van der Waals surface area contributed by atoms with Gasteiger partial charge in [0.25, 0.3) is 11.8 Å². The summed E-state index contributed by atoms with van der Waals surface area (Å²) in [5.41, 5.74) is 6.82. The molecule has 0 radical (unpaired) electrons. The summed E-state index contributed by atoms with van der Waals surface area (Å²) in [4.78, 5) is 54.4. The predicted molar refractivity (Wildman–Crippen MR) is 173 cm³/mol. The molecule has 0 bridgehead atoms. The van der Waals surface area contributed by atoms with Crippen molar-refractivity contribution in [3.63, 3.8) is 0 Å². The SMILES string of the molecule is Cc1cccc(C)c1N1Cc2cnc(Nc3ccccc3)nc2N(c2cccc(CCN3C(=O)c4ccccc4C3=O)c2)C1=O. The Morgan fingerprint density at radius 3 is 2.16 bits per heavy atom. The van der Waals surface area contributed by atoms with Crippen molar-refractivity contribution in [2.45, 2.75) is 26.8 Å². The minimum atomic E-state index is -0.286. The Morgan fingerprint density at radius 2 is 1.44 bits per heavy atom. The van der Waals surface area contributed by atoms with Gasteiger partial charge < -0.3 is 5.32 Å². The van der Waals surface area contributed by atoms with Gasteiger partial charge in [-0.2, -0.15) is 4.98 Å². The number of aromatic nitrogens is 2. The number of fused-ring (bicyclic) bond motifs is 2. The van der Waals surface area contributed by atoms with Gasteiger partial charge >= 0.3 is 6.03 Å². The minimum absolute atomic E-state index is 0.224. The first-order valence-corrected chi connectivity index (χ1v) is 14.8. The van der Waals surface area contributed by atoms with Crippen molar-refractivity contribution in [3.05, 3.63) is 137 Å². The van der Waals surface area contributed by atoms with Crippen LogP contribution in [0, 0.1) is 13.8 Å². The maximum atomic E-state index is 14.4. The first kappa shape index (κ1) is 28.0. The number of benzene rings is 4. The lowest BCUT2D eigenvalue weighted by atomic mass is 10.1. The van der Waals surface area contributed by atoms with Crippen LogP contribution in [0.15, 0.2) is 103 Å². The Bertz CT molecular complexity index is 1920. The van der Waals surface area contributed by atoms with Gasteiger partial charge in [-0.3, -0.25) is 19.4 Å². The minimum Gasteiger partial charge on any atom is -0.324 e.